The van der Waals surface area contributed by atoms with Crippen LogP contribution < -0.4 is 4.72 Å². The molecule has 0 aromatic heterocycles. The zero-order valence-electron chi connectivity index (χ0n) is 19.0. The summed E-state index contributed by atoms with van der Waals surface area (Å²) in [6.45, 7) is 2.01. The van der Waals surface area contributed by atoms with Crippen LogP contribution in [0.25, 0.3) is 22.3 Å². The second-order valence-electron chi connectivity index (χ2n) is 7.64. The van der Waals surface area contributed by atoms with Crippen LogP contribution in [-0.4, -0.2) is 17.5 Å². The van der Waals surface area contributed by atoms with Crippen molar-refractivity contribution in [3.63, 3.8) is 0 Å². The SMILES string of the molecule is CCOC(=O)c1cc(-c2ccc(Cl)cc2)c(NSc2ccc([N+](=O)[O-])cc2)c(-c2ccc(Cl)cc2)c1. The zero-order valence-corrected chi connectivity index (χ0v) is 21.4. The molecular weight excluding hydrogens is 519 g/mol. The number of benzene rings is 4. The predicted octanol–water partition coefficient (Wildman–Crippen LogP) is 8.53. The lowest BCUT2D eigenvalue weighted by Crippen LogP contribution is -2.06. The number of halogens is 2. The summed E-state index contributed by atoms with van der Waals surface area (Å²) >= 11 is 13.6. The normalized spacial score (nSPS) is 10.6. The molecule has 0 spiro atoms. The van der Waals surface area contributed by atoms with Gasteiger partial charge in [0.25, 0.3) is 5.69 Å². The molecule has 0 saturated heterocycles. The number of anilines is 1. The number of nitrogens with one attached hydrogen (secondary N) is 1. The smallest absolute Gasteiger partial charge is 0.338 e. The Morgan fingerprint density at radius 3 is 1.83 bits per heavy atom. The predicted molar refractivity (Wildman–Crippen MR) is 146 cm³/mol. The fourth-order valence-electron chi connectivity index (χ4n) is 3.54. The molecule has 0 aliphatic carbocycles. The van der Waals surface area contributed by atoms with E-state index in [1.807, 2.05) is 24.3 Å². The van der Waals surface area contributed by atoms with Crippen molar-refractivity contribution in [2.24, 2.45) is 0 Å². The minimum atomic E-state index is -0.437. The first-order chi connectivity index (χ1) is 17.4. The number of nitro benzene ring substituents is 1. The fourth-order valence-corrected chi connectivity index (χ4v) is 4.51. The van der Waals surface area contributed by atoms with Crippen molar-refractivity contribution < 1.29 is 14.5 Å². The fraction of sp³-hybridized carbons (Fsp3) is 0.0741. The zero-order chi connectivity index (χ0) is 25.7. The second-order valence-corrected chi connectivity index (χ2v) is 9.39. The molecule has 0 heterocycles. The highest BCUT2D eigenvalue weighted by Crippen LogP contribution is 2.41. The highest BCUT2D eigenvalue weighted by molar-refractivity contribution is 8.00. The number of esters is 1. The van der Waals surface area contributed by atoms with Gasteiger partial charge in [-0.15, -0.1) is 0 Å². The molecule has 36 heavy (non-hydrogen) atoms. The summed E-state index contributed by atoms with van der Waals surface area (Å²) in [5.74, 6) is -0.433. The Kier molecular flexibility index (Phi) is 8.15. The van der Waals surface area contributed by atoms with Crippen LogP contribution in [0.15, 0.2) is 89.8 Å². The van der Waals surface area contributed by atoms with Gasteiger partial charge in [0.05, 0.1) is 22.8 Å². The highest BCUT2D eigenvalue weighted by Gasteiger charge is 2.19. The first-order valence-electron chi connectivity index (χ1n) is 10.9. The van der Waals surface area contributed by atoms with E-state index >= 15 is 0 Å². The number of nitrogens with zero attached hydrogens (tertiary/aromatic N) is 1. The lowest BCUT2D eigenvalue weighted by molar-refractivity contribution is -0.384. The van der Waals surface area contributed by atoms with E-state index in [4.69, 9.17) is 27.9 Å². The van der Waals surface area contributed by atoms with Gasteiger partial charge in [0.2, 0.25) is 0 Å². The van der Waals surface area contributed by atoms with Crippen molar-refractivity contribution in [2.75, 3.05) is 11.3 Å². The molecule has 0 aliphatic rings. The van der Waals surface area contributed by atoms with Gasteiger partial charge in [-0.25, -0.2) is 4.79 Å². The number of ether oxygens (including phenoxy) is 1. The van der Waals surface area contributed by atoms with E-state index in [2.05, 4.69) is 4.72 Å². The molecule has 4 rings (SSSR count). The van der Waals surface area contributed by atoms with Crippen molar-refractivity contribution in [1.29, 1.82) is 0 Å². The number of hydrogen-bond acceptors (Lipinski definition) is 6. The number of non-ortho nitro benzene ring substituents is 1. The average Bonchev–Trinajstić information content (AvgIpc) is 2.88. The van der Waals surface area contributed by atoms with Crippen LogP contribution in [0.2, 0.25) is 10.0 Å². The van der Waals surface area contributed by atoms with Crippen LogP contribution in [0, 0.1) is 10.1 Å². The lowest BCUT2D eigenvalue weighted by Gasteiger charge is -2.19. The number of carbonyl (C=O) groups excluding carboxylic acids is 1. The summed E-state index contributed by atoms with van der Waals surface area (Å²) in [5, 5.41) is 12.2. The largest absolute Gasteiger partial charge is 0.462 e. The van der Waals surface area contributed by atoms with Crippen molar-refractivity contribution in [3.8, 4) is 22.3 Å². The van der Waals surface area contributed by atoms with E-state index in [0.717, 1.165) is 32.8 Å². The van der Waals surface area contributed by atoms with Crippen LogP contribution in [0.5, 0.6) is 0 Å². The molecule has 9 heteroatoms. The highest BCUT2D eigenvalue weighted by atomic mass is 35.5. The summed E-state index contributed by atoms with van der Waals surface area (Å²) in [6, 6.07) is 24.4. The standard InChI is InChI=1S/C27H20Cl2N2O4S/c1-2-35-27(32)19-15-24(17-3-7-20(28)8-4-17)26(25(16-19)18-5-9-21(29)10-6-18)30-36-23-13-11-22(12-14-23)31(33)34/h3-16,30H,2H2,1H3. The molecule has 182 valence electrons. The maximum atomic E-state index is 12.8. The molecule has 0 fully saturated rings. The van der Waals surface area contributed by atoms with E-state index in [0.29, 0.717) is 15.6 Å². The molecule has 6 nitrogen and oxygen atoms in total. The van der Waals surface area contributed by atoms with Crippen LogP contribution in [0.4, 0.5) is 11.4 Å². The second kappa shape index (κ2) is 11.5. The maximum absolute atomic E-state index is 12.8. The third kappa shape index (κ3) is 5.99. The molecule has 0 bridgehead atoms. The van der Waals surface area contributed by atoms with E-state index in [-0.39, 0.29) is 12.3 Å². The van der Waals surface area contributed by atoms with Gasteiger partial charge in [0.1, 0.15) is 0 Å². The van der Waals surface area contributed by atoms with E-state index in [1.54, 1.807) is 55.5 Å². The first kappa shape index (κ1) is 25.6. The Balaban J connectivity index is 1.85. The van der Waals surface area contributed by atoms with Gasteiger partial charge in [0, 0.05) is 38.2 Å². The summed E-state index contributed by atoms with van der Waals surface area (Å²) in [4.78, 5) is 24.1. The molecule has 0 unspecified atom stereocenters. The summed E-state index contributed by atoms with van der Waals surface area (Å²) in [5.41, 5.74) is 4.36. The summed E-state index contributed by atoms with van der Waals surface area (Å²) in [7, 11) is 0. The summed E-state index contributed by atoms with van der Waals surface area (Å²) < 4.78 is 8.69. The van der Waals surface area contributed by atoms with Crippen molar-refractivity contribution in [2.45, 2.75) is 11.8 Å². The van der Waals surface area contributed by atoms with Crippen molar-refractivity contribution in [1.82, 2.24) is 0 Å². The molecule has 0 aliphatic heterocycles. The quantitative estimate of drug-likeness (QED) is 0.105. The van der Waals surface area contributed by atoms with Crippen LogP contribution in [0.3, 0.4) is 0 Å². The van der Waals surface area contributed by atoms with Crippen LogP contribution >= 0.6 is 35.1 Å². The topological polar surface area (TPSA) is 81.5 Å². The Bertz CT molecular complexity index is 1330. The van der Waals surface area contributed by atoms with E-state index in [1.165, 1.54) is 24.1 Å². The minimum Gasteiger partial charge on any atom is -0.462 e. The van der Waals surface area contributed by atoms with Crippen LogP contribution in [-0.2, 0) is 4.74 Å². The maximum Gasteiger partial charge on any atom is 0.338 e. The Hall–Kier alpha value is -3.52. The molecule has 1 N–H and O–H groups in total. The van der Waals surface area contributed by atoms with E-state index < -0.39 is 10.9 Å². The lowest BCUT2D eigenvalue weighted by atomic mass is 9.93. The van der Waals surface area contributed by atoms with Crippen LogP contribution in [0.1, 0.15) is 17.3 Å². The Morgan fingerprint density at radius 1 is 0.889 bits per heavy atom. The average molecular weight is 539 g/mol. The third-order valence-corrected chi connectivity index (χ3v) is 6.60. The Morgan fingerprint density at radius 2 is 1.39 bits per heavy atom. The van der Waals surface area contributed by atoms with Crippen molar-refractivity contribution in [3.05, 3.63) is 111 Å². The first-order valence-corrected chi connectivity index (χ1v) is 12.5. The molecule has 4 aromatic carbocycles. The molecule has 0 atom stereocenters. The number of rotatable bonds is 8. The number of hydrogen-bond donors (Lipinski definition) is 1. The Labute approximate surface area is 222 Å². The molecule has 0 amide bonds. The monoisotopic (exact) mass is 538 g/mol. The molecule has 0 saturated carbocycles. The molecular formula is C27H20Cl2N2O4S. The molecule has 4 aromatic rings. The van der Waals surface area contributed by atoms with Gasteiger partial charge in [0.15, 0.2) is 0 Å². The van der Waals surface area contributed by atoms with Gasteiger partial charge in [-0.1, -0.05) is 47.5 Å². The number of nitro groups is 1. The molecule has 0 radical (unpaired) electrons. The summed E-state index contributed by atoms with van der Waals surface area (Å²) in [6.07, 6.45) is 0. The minimum absolute atomic E-state index is 0.0156. The van der Waals surface area contributed by atoms with E-state index in [9.17, 15) is 14.9 Å². The van der Waals surface area contributed by atoms with Gasteiger partial charge in [-0.3, -0.25) is 10.1 Å². The van der Waals surface area contributed by atoms with Gasteiger partial charge >= 0.3 is 5.97 Å². The third-order valence-electron chi connectivity index (χ3n) is 5.28. The number of carbonyl (C=O) groups is 1. The van der Waals surface area contributed by atoms with Gasteiger partial charge in [-0.05, 0) is 78.5 Å². The van der Waals surface area contributed by atoms with Gasteiger partial charge in [-0.2, -0.15) is 0 Å². The van der Waals surface area contributed by atoms with Crippen molar-refractivity contribution >= 4 is 52.5 Å². The van der Waals surface area contributed by atoms with Gasteiger partial charge < -0.3 is 9.46 Å².